The Morgan fingerprint density at radius 2 is 1.75 bits per heavy atom. The Kier molecular flexibility index (Phi) is 12.8. The predicted octanol–water partition coefficient (Wildman–Crippen LogP) is 6.23. The molecule has 5 heteroatoms. The molecule has 0 aromatic heterocycles. The Bertz CT molecular complexity index is 854. The van der Waals surface area contributed by atoms with Crippen LogP contribution in [-0.2, 0) is 16.7 Å². The monoisotopic (exact) mass is 461 g/mol. The number of rotatable bonds is 15. The Morgan fingerprint density at radius 3 is 2.38 bits per heavy atom. The van der Waals surface area contributed by atoms with Gasteiger partial charge in [0.25, 0.3) is 0 Å². The summed E-state index contributed by atoms with van der Waals surface area (Å²) >= 11 is 0. The maximum atomic E-state index is 10.9. The second-order valence-corrected chi connectivity index (χ2v) is 11.2. The van der Waals surface area contributed by atoms with Crippen LogP contribution in [0.3, 0.4) is 0 Å². The summed E-state index contributed by atoms with van der Waals surface area (Å²) in [4.78, 5) is 0. The molecule has 1 aromatic carbocycles. The summed E-state index contributed by atoms with van der Waals surface area (Å²) in [6.45, 7) is 11.4. The predicted molar refractivity (Wildman–Crippen MR) is 135 cm³/mol. The zero-order valence-corrected chi connectivity index (χ0v) is 21.5. The minimum atomic E-state index is -4.13. The smallest absolute Gasteiger partial charge is 0.104 e. The minimum absolute atomic E-state index is 0.273. The average molecular weight is 462 g/mol. The van der Waals surface area contributed by atoms with Crippen molar-refractivity contribution in [1.29, 1.82) is 0 Å². The van der Waals surface area contributed by atoms with Crippen LogP contribution in [0.1, 0.15) is 65.4 Å². The van der Waals surface area contributed by atoms with Gasteiger partial charge in [-0.05, 0) is 57.9 Å². The summed E-state index contributed by atoms with van der Waals surface area (Å²) in [5, 5.41) is 0. The molecule has 32 heavy (non-hydrogen) atoms. The molecule has 0 aliphatic rings. The van der Waals surface area contributed by atoms with Gasteiger partial charge in [-0.25, -0.2) is 8.42 Å². The Labute approximate surface area is 197 Å². The van der Waals surface area contributed by atoms with Gasteiger partial charge in [-0.3, -0.25) is 0 Å². The molecule has 0 spiro atoms. The number of likely N-dealkylation sites (N-methyl/N-ethyl adjacent to an activating group) is 1. The lowest BCUT2D eigenvalue weighted by Gasteiger charge is -2.34. The molecular weight excluding hydrogens is 418 g/mol. The highest BCUT2D eigenvalue weighted by atomic mass is 32.2. The van der Waals surface area contributed by atoms with Crippen molar-refractivity contribution in [3.63, 3.8) is 0 Å². The molecule has 1 aromatic rings. The second-order valence-electron chi connectivity index (χ2n) is 9.65. The van der Waals surface area contributed by atoms with E-state index in [1.165, 1.54) is 16.7 Å². The fraction of sp³-hybridized carbons (Fsp3) is 0.556. The van der Waals surface area contributed by atoms with Gasteiger partial charge in [-0.15, -0.1) is 0 Å². The molecule has 0 N–H and O–H groups in total. The topological polar surface area (TPSA) is 57.2 Å². The molecule has 0 aliphatic carbocycles. The molecule has 0 saturated carbocycles. The van der Waals surface area contributed by atoms with E-state index in [0.29, 0.717) is 12.3 Å². The third-order valence-corrected chi connectivity index (χ3v) is 6.41. The first-order valence-electron chi connectivity index (χ1n) is 11.8. The van der Waals surface area contributed by atoms with Crippen molar-refractivity contribution in [1.82, 2.24) is 0 Å². The number of hydrogen-bond acceptors (Lipinski definition) is 3. The molecule has 1 rings (SSSR count). The summed E-state index contributed by atoms with van der Waals surface area (Å²) in [5.41, 5.74) is 4.06. The van der Waals surface area contributed by atoms with Crippen molar-refractivity contribution in [2.45, 2.75) is 66.3 Å². The van der Waals surface area contributed by atoms with Crippen molar-refractivity contribution in [3.05, 3.63) is 71.3 Å². The number of nitrogens with zero attached hydrogens (tertiary/aromatic N) is 1. The van der Waals surface area contributed by atoms with Crippen LogP contribution in [0.4, 0.5) is 0 Å². The van der Waals surface area contributed by atoms with Gasteiger partial charge < -0.3 is 9.04 Å². The average Bonchev–Trinajstić information content (AvgIpc) is 2.70. The normalized spacial score (nSPS) is 15.5. The van der Waals surface area contributed by atoms with E-state index in [4.69, 9.17) is 0 Å². The highest BCUT2D eigenvalue weighted by Crippen LogP contribution is 2.16. The molecule has 0 bridgehead atoms. The maximum absolute atomic E-state index is 10.9. The summed E-state index contributed by atoms with van der Waals surface area (Å²) < 4.78 is 33.6. The van der Waals surface area contributed by atoms with Crippen LogP contribution in [0.25, 0.3) is 0 Å². The lowest BCUT2D eigenvalue weighted by molar-refractivity contribution is -0.917. The van der Waals surface area contributed by atoms with Crippen LogP contribution in [0.15, 0.2) is 65.8 Å². The second kappa shape index (κ2) is 14.5. The summed E-state index contributed by atoms with van der Waals surface area (Å²) in [5.74, 6) is 0.326. The largest absolute Gasteiger partial charge is 0.748 e. The first-order chi connectivity index (χ1) is 15.0. The molecular formula is C27H43NO3S. The van der Waals surface area contributed by atoms with Crippen molar-refractivity contribution in [2.24, 2.45) is 5.92 Å². The van der Waals surface area contributed by atoms with Gasteiger partial charge in [0, 0.05) is 11.3 Å². The van der Waals surface area contributed by atoms with Gasteiger partial charge in [-0.2, -0.15) is 0 Å². The van der Waals surface area contributed by atoms with Crippen molar-refractivity contribution in [2.75, 3.05) is 25.9 Å². The first kappa shape index (κ1) is 28.3. The molecule has 1 unspecified atom stereocenters. The fourth-order valence-electron chi connectivity index (χ4n) is 3.67. The lowest BCUT2D eigenvalue weighted by atomic mass is 10.1. The third kappa shape index (κ3) is 14.4. The van der Waals surface area contributed by atoms with E-state index >= 15 is 0 Å². The lowest BCUT2D eigenvalue weighted by Crippen LogP contribution is -2.44. The Morgan fingerprint density at radius 1 is 1.06 bits per heavy atom. The molecule has 0 aliphatic heterocycles. The van der Waals surface area contributed by atoms with E-state index in [9.17, 15) is 13.0 Å². The zero-order valence-electron chi connectivity index (χ0n) is 20.7. The number of benzene rings is 1. The first-order valence-corrected chi connectivity index (χ1v) is 13.4. The van der Waals surface area contributed by atoms with Crippen LogP contribution in [0.5, 0.6) is 0 Å². The van der Waals surface area contributed by atoms with Gasteiger partial charge in [-0.1, -0.05) is 73.6 Å². The van der Waals surface area contributed by atoms with E-state index in [0.717, 1.165) is 49.8 Å². The zero-order chi connectivity index (χ0) is 24.0. The molecule has 0 amide bonds. The summed E-state index contributed by atoms with van der Waals surface area (Å²) in [6.07, 6.45) is 13.4. The van der Waals surface area contributed by atoms with Crippen LogP contribution < -0.4 is 0 Å². The van der Waals surface area contributed by atoms with E-state index in [2.05, 4.69) is 83.3 Å². The Hall–Kier alpha value is -1.69. The number of allylic oxidation sites excluding steroid dienone is 5. The number of hydrogen-bond donors (Lipinski definition) is 0. The van der Waals surface area contributed by atoms with Crippen LogP contribution in [-0.4, -0.2) is 43.3 Å². The molecule has 180 valence electrons. The third-order valence-electron chi connectivity index (χ3n) is 5.62. The Balaban J connectivity index is 2.66. The molecule has 0 saturated heterocycles. The number of unbranched alkanes of at least 4 members (excludes halogenated alkanes) is 1. The maximum Gasteiger partial charge on any atom is 0.104 e. The summed E-state index contributed by atoms with van der Waals surface area (Å²) in [6, 6.07) is 10.4. The van der Waals surface area contributed by atoms with Crippen molar-refractivity contribution < 1.29 is 17.5 Å². The SMILES string of the molecule is C/C(=C\CC/C(C)=C/C[N+](C)(CCCCS(=O)(=O)[O-])Cc1ccccc1)C/C=C/C(C)C. The van der Waals surface area contributed by atoms with Gasteiger partial charge in [0.05, 0.1) is 30.3 Å². The summed E-state index contributed by atoms with van der Waals surface area (Å²) in [7, 11) is -1.92. The van der Waals surface area contributed by atoms with E-state index in [1.807, 2.05) is 6.07 Å². The molecule has 0 fully saturated rings. The molecule has 0 heterocycles. The van der Waals surface area contributed by atoms with E-state index in [-0.39, 0.29) is 5.75 Å². The standard InChI is InChI=1S/C27H43NO3S/c1-24(2)13-11-14-25(3)15-12-16-26(4)19-21-28(5,20-9-10-22-32(29,30)31)23-27-17-7-6-8-18-27/h6-8,11,13,15,17-19,24H,9-10,12,14,16,20-23H2,1-5H3/b13-11+,25-15+,26-19+. The molecule has 0 radical (unpaired) electrons. The quantitative estimate of drug-likeness (QED) is 0.135. The van der Waals surface area contributed by atoms with Crippen LogP contribution in [0, 0.1) is 5.92 Å². The van der Waals surface area contributed by atoms with E-state index < -0.39 is 10.1 Å². The van der Waals surface area contributed by atoms with Crippen LogP contribution >= 0.6 is 0 Å². The highest BCUT2D eigenvalue weighted by Gasteiger charge is 2.20. The van der Waals surface area contributed by atoms with E-state index in [1.54, 1.807) is 0 Å². The van der Waals surface area contributed by atoms with Gasteiger partial charge >= 0.3 is 0 Å². The highest BCUT2D eigenvalue weighted by molar-refractivity contribution is 7.85. The van der Waals surface area contributed by atoms with Gasteiger partial charge in [0.1, 0.15) is 6.54 Å². The molecule has 1 atom stereocenters. The molecule has 4 nitrogen and oxygen atoms in total. The van der Waals surface area contributed by atoms with Crippen molar-refractivity contribution in [3.8, 4) is 0 Å². The number of quaternary nitrogens is 1. The fourth-order valence-corrected chi connectivity index (χ4v) is 4.22. The van der Waals surface area contributed by atoms with Crippen molar-refractivity contribution >= 4 is 10.1 Å². The minimum Gasteiger partial charge on any atom is -0.748 e. The van der Waals surface area contributed by atoms with Crippen LogP contribution in [0.2, 0.25) is 0 Å². The van der Waals surface area contributed by atoms with Gasteiger partial charge in [0.2, 0.25) is 0 Å². The van der Waals surface area contributed by atoms with Gasteiger partial charge in [0.15, 0.2) is 0 Å².